The molecule has 0 aromatic carbocycles. The van der Waals surface area contributed by atoms with Gasteiger partial charge in [0.25, 0.3) is 0 Å². The average molecular weight is 159 g/mol. The van der Waals surface area contributed by atoms with E-state index >= 15 is 0 Å². The van der Waals surface area contributed by atoms with E-state index in [0.29, 0.717) is 5.41 Å². The molecule has 0 radical (unpaired) electrons. The molecule has 0 aromatic rings. The quantitative estimate of drug-likeness (QED) is 0.323. The molecule has 0 aliphatic heterocycles. The summed E-state index contributed by atoms with van der Waals surface area (Å²) < 4.78 is 0. The Kier molecular flexibility index (Phi) is 10.7. The molecule has 0 atom stereocenters. The van der Waals surface area contributed by atoms with E-state index < -0.39 is 0 Å². The third-order valence-electron chi connectivity index (χ3n) is 1.50. The summed E-state index contributed by atoms with van der Waals surface area (Å²) in [6.07, 6.45) is 0. The van der Waals surface area contributed by atoms with Gasteiger partial charge in [0.15, 0.2) is 0 Å². The Morgan fingerprint density at radius 1 is 1.00 bits per heavy atom. The zero-order valence-electron chi connectivity index (χ0n) is 7.09. The second-order valence-electron chi connectivity index (χ2n) is 3.25. The van der Waals surface area contributed by atoms with E-state index in [2.05, 4.69) is 34.6 Å². The van der Waals surface area contributed by atoms with Gasteiger partial charge in [-0.05, 0) is 0 Å². The molecule has 0 aromatic heterocycles. The molecular formula is C7H15ClMg. The van der Waals surface area contributed by atoms with E-state index in [-0.39, 0.29) is 35.5 Å². The van der Waals surface area contributed by atoms with E-state index in [0.717, 1.165) is 0 Å². The first-order valence-corrected chi connectivity index (χ1v) is 2.75. The first-order valence-electron chi connectivity index (χ1n) is 2.75. The molecule has 0 N–H and O–H groups in total. The summed E-state index contributed by atoms with van der Waals surface area (Å²) in [5, 5.41) is 0. The third-order valence-corrected chi connectivity index (χ3v) is 1.50. The van der Waals surface area contributed by atoms with Crippen LogP contribution in [0.2, 0.25) is 0 Å². The Hall–Kier alpha value is 1.06. The van der Waals surface area contributed by atoms with E-state index in [1.165, 1.54) is 5.92 Å². The molecule has 0 saturated carbocycles. The van der Waals surface area contributed by atoms with Crippen molar-refractivity contribution >= 4 is 23.1 Å². The Balaban J connectivity index is -0.000000180. The maximum absolute atomic E-state index is 2.22. The predicted octanol–water partition coefficient (Wildman–Crippen LogP) is -0.730. The summed E-state index contributed by atoms with van der Waals surface area (Å²) in [5.41, 5.74) is 0.417. The summed E-state index contributed by atoms with van der Waals surface area (Å²) in [6.45, 7) is 11.0. The number of rotatable bonds is 0. The SMILES string of the molecule is C[C-](C)C(C)(C)C.[Cl-].[Mg+2]. The van der Waals surface area contributed by atoms with Crippen LogP contribution >= 0.6 is 0 Å². The fourth-order valence-electron chi connectivity index (χ4n) is 0. The van der Waals surface area contributed by atoms with Crippen LogP contribution in [0.25, 0.3) is 0 Å². The van der Waals surface area contributed by atoms with Crippen molar-refractivity contribution in [1.29, 1.82) is 0 Å². The molecule has 0 spiro atoms. The molecule has 0 fully saturated rings. The van der Waals surface area contributed by atoms with Crippen molar-refractivity contribution in [2.45, 2.75) is 34.6 Å². The van der Waals surface area contributed by atoms with Gasteiger partial charge in [-0.15, -0.1) is 0 Å². The van der Waals surface area contributed by atoms with E-state index in [1.807, 2.05) is 0 Å². The minimum atomic E-state index is 0. The molecule has 0 amide bonds. The van der Waals surface area contributed by atoms with Crippen molar-refractivity contribution in [2.75, 3.05) is 0 Å². The van der Waals surface area contributed by atoms with E-state index in [4.69, 9.17) is 0 Å². The van der Waals surface area contributed by atoms with Gasteiger partial charge in [0.05, 0.1) is 0 Å². The van der Waals surface area contributed by atoms with Crippen LogP contribution in [-0.4, -0.2) is 23.1 Å². The molecule has 2 heteroatoms. The number of hydrogen-bond donors (Lipinski definition) is 0. The van der Waals surface area contributed by atoms with Crippen LogP contribution in [0.4, 0.5) is 0 Å². The smallest absolute Gasteiger partial charge is 1.00 e. The third kappa shape index (κ3) is 9.06. The van der Waals surface area contributed by atoms with Crippen LogP contribution < -0.4 is 12.4 Å². The van der Waals surface area contributed by atoms with Gasteiger partial charge >= 0.3 is 23.1 Å². The van der Waals surface area contributed by atoms with Crippen molar-refractivity contribution in [3.63, 3.8) is 0 Å². The second kappa shape index (κ2) is 5.81. The standard InChI is InChI=1S/C7H15.ClH.Mg/c1-6(2)7(3,4)5;;/h1-5H3;1H;/q-1;;+2/p-1. The zero-order valence-corrected chi connectivity index (χ0v) is 9.26. The molecule has 0 unspecified atom stereocenters. The number of halogens is 1. The largest absolute Gasteiger partial charge is 2.00 e. The summed E-state index contributed by atoms with van der Waals surface area (Å²) in [4.78, 5) is 0. The van der Waals surface area contributed by atoms with Crippen LogP contribution in [0.1, 0.15) is 34.6 Å². The molecule has 52 valence electrons. The average Bonchev–Trinajstić information content (AvgIpc) is 1.31. The topological polar surface area (TPSA) is 0 Å². The molecule has 0 bridgehead atoms. The molecule has 0 heterocycles. The van der Waals surface area contributed by atoms with Crippen LogP contribution in [0.3, 0.4) is 0 Å². The fourth-order valence-corrected chi connectivity index (χ4v) is 0. The van der Waals surface area contributed by atoms with Gasteiger partial charge in [0.2, 0.25) is 0 Å². The minimum absolute atomic E-state index is 0. The molecule has 0 rings (SSSR count). The van der Waals surface area contributed by atoms with Crippen LogP contribution in [0, 0.1) is 11.3 Å². The Morgan fingerprint density at radius 2 is 1.11 bits per heavy atom. The Bertz CT molecular complexity index is 54.4. The van der Waals surface area contributed by atoms with Crippen molar-refractivity contribution in [3.05, 3.63) is 5.92 Å². The zero-order chi connectivity index (χ0) is 6.08. The molecule has 0 nitrogen and oxygen atoms in total. The summed E-state index contributed by atoms with van der Waals surface area (Å²) in [6, 6.07) is 0. The first kappa shape index (κ1) is 16.6. The molecule has 0 saturated heterocycles. The van der Waals surface area contributed by atoms with Gasteiger partial charge in [-0.25, -0.2) is 0 Å². The van der Waals surface area contributed by atoms with E-state index in [1.54, 1.807) is 0 Å². The van der Waals surface area contributed by atoms with Gasteiger partial charge in [0.1, 0.15) is 0 Å². The predicted molar refractivity (Wildman–Crippen MR) is 39.8 cm³/mol. The Morgan fingerprint density at radius 3 is 1.11 bits per heavy atom. The fraction of sp³-hybridized carbons (Fsp3) is 0.857. The number of hydrogen-bond acceptors (Lipinski definition) is 0. The molecule has 0 aliphatic carbocycles. The van der Waals surface area contributed by atoms with Gasteiger partial charge < -0.3 is 18.3 Å². The summed E-state index contributed by atoms with van der Waals surface area (Å²) >= 11 is 0. The first-order chi connectivity index (χ1) is 2.94. The van der Waals surface area contributed by atoms with Crippen molar-refractivity contribution in [1.82, 2.24) is 0 Å². The van der Waals surface area contributed by atoms with Crippen LogP contribution in [0.5, 0.6) is 0 Å². The minimum Gasteiger partial charge on any atom is -1.00 e. The van der Waals surface area contributed by atoms with Crippen LogP contribution in [-0.2, 0) is 0 Å². The van der Waals surface area contributed by atoms with E-state index in [9.17, 15) is 0 Å². The van der Waals surface area contributed by atoms with Crippen molar-refractivity contribution in [2.24, 2.45) is 5.41 Å². The van der Waals surface area contributed by atoms with Gasteiger partial charge in [-0.2, -0.15) is 19.3 Å². The van der Waals surface area contributed by atoms with Gasteiger partial charge in [0, 0.05) is 0 Å². The van der Waals surface area contributed by atoms with Crippen molar-refractivity contribution in [3.8, 4) is 0 Å². The molecular weight excluding hydrogens is 144 g/mol. The van der Waals surface area contributed by atoms with Crippen LogP contribution in [0.15, 0.2) is 0 Å². The second-order valence-corrected chi connectivity index (χ2v) is 3.25. The monoisotopic (exact) mass is 158 g/mol. The normalized spacial score (nSPS) is 10.0. The maximum Gasteiger partial charge on any atom is 2.00 e. The Labute approximate surface area is 81.4 Å². The molecule has 9 heavy (non-hydrogen) atoms. The summed E-state index contributed by atoms with van der Waals surface area (Å²) in [5.74, 6) is 1.49. The summed E-state index contributed by atoms with van der Waals surface area (Å²) in [7, 11) is 0. The maximum atomic E-state index is 2.22. The molecule has 0 aliphatic rings. The van der Waals surface area contributed by atoms with Gasteiger partial charge in [-0.1, -0.05) is 20.8 Å². The van der Waals surface area contributed by atoms with Crippen molar-refractivity contribution < 1.29 is 12.4 Å². The van der Waals surface area contributed by atoms with Gasteiger partial charge in [-0.3, -0.25) is 0 Å².